The molecule has 0 saturated carbocycles. The summed E-state index contributed by atoms with van der Waals surface area (Å²) in [5.41, 5.74) is 0.999. The lowest BCUT2D eigenvalue weighted by Gasteiger charge is -2.15. The van der Waals surface area contributed by atoms with Crippen molar-refractivity contribution in [3.05, 3.63) is 42.5 Å². The minimum atomic E-state index is -0.614. The van der Waals surface area contributed by atoms with E-state index in [0.29, 0.717) is 5.75 Å². The van der Waals surface area contributed by atoms with E-state index in [2.05, 4.69) is 6.58 Å². The van der Waals surface area contributed by atoms with Crippen LogP contribution in [0.5, 0.6) is 5.75 Å². The fourth-order valence-corrected chi connectivity index (χ4v) is 1.10. The zero-order valence-electron chi connectivity index (χ0n) is 8.90. The molecule has 0 heterocycles. The van der Waals surface area contributed by atoms with Gasteiger partial charge < -0.3 is 9.47 Å². The Morgan fingerprint density at radius 1 is 1.47 bits per heavy atom. The number of carbonyl (C=O) groups excluding carboxylic acids is 1. The molecule has 0 spiro atoms. The van der Waals surface area contributed by atoms with E-state index in [1.54, 1.807) is 6.92 Å². The fourth-order valence-electron chi connectivity index (χ4n) is 1.10. The van der Waals surface area contributed by atoms with Gasteiger partial charge in [-0.05, 0) is 18.6 Å². The molecule has 1 atom stereocenters. The minimum absolute atomic E-state index is 0.490. The number of aryl methyl sites for hydroxylation is 1. The lowest BCUT2D eigenvalue weighted by atomic mass is 10.2. The van der Waals surface area contributed by atoms with Crippen molar-refractivity contribution in [3.8, 4) is 5.75 Å². The molecule has 1 unspecified atom stereocenters. The van der Waals surface area contributed by atoms with E-state index in [1.807, 2.05) is 31.2 Å². The van der Waals surface area contributed by atoms with Crippen LogP contribution in [0.3, 0.4) is 0 Å². The standard InChI is InChI=1S/C12H14O3/c1-4-12(13)15-10(3)14-11-8-6-5-7-9(11)2/h4-8,10H,1H2,2-3H3. The maximum absolute atomic E-state index is 10.9. The van der Waals surface area contributed by atoms with Gasteiger partial charge in [-0.2, -0.15) is 0 Å². The number of para-hydroxylation sites is 1. The molecule has 15 heavy (non-hydrogen) atoms. The van der Waals surface area contributed by atoms with Gasteiger partial charge in [0.25, 0.3) is 0 Å². The van der Waals surface area contributed by atoms with Gasteiger partial charge in [-0.25, -0.2) is 4.79 Å². The summed E-state index contributed by atoms with van der Waals surface area (Å²) in [5, 5.41) is 0. The van der Waals surface area contributed by atoms with Gasteiger partial charge in [0.15, 0.2) is 0 Å². The SMILES string of the molecule is C=CC(=O)OC(C)Oc1ccccc1C. The van der Waals surface area contributed by atoms with Crippen LogP contribution in [0.15, 0.2) is 36.9 Å². The number of rotatable bonds is 4. The Hall–Kier alpha value is -1.77. The summed E-state index contributed by atoms with van der Waals surface area (Å²) < 4.78 is 10.3. The summed E-state index contributed by atoms with van der Waals surface area (Å²) in [6.07, 6.45) is 0.495. The van der Waals surface area contributed by atoms with Crippen molar-refractivity contribution in [1.82, 2.24) is 0 Å². The van der Waals surface area contributed by atoms with E-state index < -0.39 is 12.3 Å². The molecule has 0 N–H and O–H groups in total. The predicted molar refractivity (Wildman–Crippen MR) is 57.6 cm³/mol. The number of benzene rings is 1. The second kappa shape index (κ2) is 5.20. The summed E-state index contributed by atoms with van der Waals surface area (Å²) in [4.78, 5) is 10.9. The minimum Gasteiger partial charge on any atom is -0.455 e. The Morgan fingerprint density at radius 3 is 2.73 bits per heavy atom. The highest BCUT2D eigenvalue weighted by Gasteiger charge is 2.08. The zero-order chi connectivity index (χ0) is 11.3. The van der Waals surface area contributed by atoms with Crippen molar-refractivity contribution in [2.75, 3.05) is 0 Å². The van der Waals surface area contributed by atoms with Gasteiger partial charge in [0, 0.05) is 13.0 Å². The summed E-state index contributed by atoms with van der Waals surface area (Å²) in [5.74, 6) is 0.220. The molecule has 0 aliphatic carbocycles. The van der Waals surface area contributed by atoms with E-state index in [1.165, 1.54) is 0 Å². The summed E-state index contributed by atoms with van der Waals surface area (Å²) in [6.45, 7) is 6.90. The summed E-state index contributed by atoms with van der Waals surface area (Å²) in [6, 6.07) is 7.54. The van der Waals surface area contributed by atoms with E-state index in [-0.39, 0.29) is 0 Å². The molecule has 0 aliphatic heterocycles. The molecule has 1 aromatic rings. The first-order valence-electron chi connectivity index (χ1n) is 4.69. The van der Waals surface area contributed by atoms with Crippen molar-refractivity contribution in [2.45, 2.75) is 20.1 Å². The number of esters is 1. The van der Waals surface area contributed by atoms with Crippen LogP contribution in [-0.4, -0.2) is 12.3 Å². The van der Waals surface area contributed by atoms with Gasteiger partial charge in [-0.1, -0.05) is 24.8 Å². The Morgan fingerprint density at radius 2 is 2.13 bits per heavy atom. The van der Waals surface area contributed by atoms with Gasteiger partial charge in [-0.3, -0.25) is 0 Å². The topological polar surface area (TPSA) is 35.5 Å². The second-order valence-corrected chi connectivity index (χ2v) is 3.09. The quantitative estimate of drug-likeness (QED) is 0.431. The third-order valence-corrected chi connectivity index (χ3v) is 1.84. The molecular weight excluding hydrogens is 192 g/mol. The van der Waals surface area contributed by atoms with Crippen LogP contribution in [0.1, 0.15) is 12.5 Å². The first kappa shape index (κ1) is 11.3. The Labute approximate surface area is 89.3 Å². The summed E-state index contributed by atoms with van der Waals surface area (Å²) >= 11 is 0. The molecule has 0 radical (unpaired) electrons. The fraction of sp³-hybridized carbons (Fsp3) is 0.250. The monoisotopic (exact) mass is 206 g/mol. The molecule has 0 bridgehead atoms. The van der Waals surface area contributed by atoms with Crippen molar-refractivity contribution in [3.63, 3.8) is 0 Å². The molecule has 0 fully saturated rings. The number of ether oxygens (including phenoxy) is 2. The summed E-state index contributed by atoms with van der Waals surface area (Å²) in [7, 11) is 0. The van der Waals surface area contributed by atoms with E-state index in [9.17, 15) is 4.79 Å². The molecule has 3 heteroatoms. The second-order valence-electron chi connectivity index (χ2n) is 3.09. The molecule has 0 amide bonds. The van der Waals surface area contributed by atoms with E-state index in [0.717, 1.165) is 11.6 Å². The molecule has 1 rings (SSSR count). The van der Waals surface area contributed by atoms with E-state index >= 15 is 0 Å². The van der Waals surface area contributed by atoms with Crippen molar-refractivity contribution >= 4 is 5.97 Å². The van der Waals surface area contributed by atoms with Gasteiger partial charge in [0.05, 0.1) is 0 Å². The van der Waals surface area contributed by atoms with Gasteiger partial charge >= 0.3 is 5.97 Å². The average molecular weight is 206 g/mol. The number of hydrogen-bond acceptors (Lipinski definition) is 3. The van der Waals surface area contributed by atoms with Crippen LogP contribution in [0, 0.1) is 6.92 Å². The van der Waals surface area contributed by atoms with Crippen LogP contribution in [0.4, 0.5) is 0 Å². The number of hydrogen-bond donors (Lipinski definition) is 0. The third-order valence-electron chi connectivity index (χ3n) is 1.84. The van der Waals surface area contributed by atoms with Crippen LogP contribution in [0.25, 0.3) is 0 Å². The number of carbonyl (C=O) groups is 1. The van der Waals surface area contributed by atoms with Crippen molar-refractivity contribution in [1.29, 1.82) is 0 Å². The average Bonchev–Trinajstić information content (AvgIpc) is 2.21. The van der Waals surface area contributed by atoms with Gasteiger partial charge in [0.1, 0.15) is 5.75 Å². The first-order chi connectivity index (χ1) is 7.13. The largest absolute Gasteiger partial charge is 0.455 e. The molecule has 3 nitrogen and oxygen atoms in total. The van der Waals surface area contributed by atoms with Crippen molar-refractivity contribution in [2.24, 2.45) is 0 Å². The molecule has 0 aromatic heterocycles. The van der Waals surface area contributed by atoms with Crippen LogP contribution in [-0.2, 0) is 9.53 Å². The van der Waals surface area contributed by atoms with Crippen LogP contribution >= 0.6 is 0 Å². The van der Waals surface area contributed by atoms with Crippen LogP contribution in [0.2, 0.25) is 0 Å². The zero-order valence-corrected chi connectivity index (χ0v) is 8.90. The maximum atomic E-state index is 10.9. The van der Waals surface area contributed by atoms with Gasteiger partial charge in [-0.15, -0.1) is 0 Å². The third kappa shape index (κ3) is 3.46. The lowest BCUT2D eigenvalue weighted by Crippen LogP contribution is -2.19. The Bertz CT molecular complexity index is 358. The smallest absolute Gasteiger partial charge is 0.333 e. The van der Waals surface area contributed by atoms with Crippen molar-refractivity contribution < 1.29 is 14.3 Å². The van der Waals surface area contributed by atoms with Gasteiger partial charge in [0.2, 0.25) is 6.29 Å². The highest BCUT2D eigenvalue weighted by Crippen LogP contribution is 2.17. The Balaban J connectivity index is 2.58. The molecule has 1 aromatic carbocycles. The molecule has 80 valence electrons. The molecule has 0 saturated heterocycles. The lowest BCUT2D eigenvalue weighted by molar-refractivity contribution is -0.155. The molecular formula is C12H14O3. The normalized spacial score (nSPS) is 11.6. The predicted octanol–water partition coefficient (Wildman–Crippen LogP) is 2.45. The molecule has 0 aliphatic rings. The Kier molecular flexibility index (Phi) is 3.92. The highest BCUT2D eigenvalue weighted by atomic mass is 16.7. The highest BCUT2D eigenvalue weighted by molar-refractivity contribution is 5.81. The maximum Gasteiger partial charge on any atom is 0.333 e. The van der Waals surface area contributed by atoms with E-state index in [4.69, 9.17) is 9.47 Å². The first-order valence-corrected chi connectivity index (χ1v) is 4.69. The van der Waals surface area contributed by atoms with Crippen LogP contribution < -0.4 is 4.74 Å².